The first-order valence-corrected chi connectivity index (χ1v) is 10.2. The fourth-order valence-corrected chi connectivity index (χ4v) is 4.24. The summed E-state index contributed by atoms with van der Waals surface area (Å²) in [7, 11) is 0. The quantitative estimate of drug-likeness (QED) is 0.675. The Bertz CT molecular complexity index is 790. The van der Waals surface area contributed by atoms with E-state index in [4.69, 9.17) is 16.3 Å². The molecule has 0 amide bonds. The van der Waals surface area contributed by atoms with E-state index in [0.29, 0.717) is 12.4 Å². The average molecular weight is 389 g/mol. The third-order valence-electron chi connectivity index (χ3n) is 5.57. The summed E-state index contributed by atoms with van der Waals surface area (Å²) in [6.07, 6.45) is 4.07. The molecule has 5 heteroatoms. The molecule has 1 fully saturated rings. The van der Waals surface area contributed by atoms with Gasteiger partial charge in [-0.1, -0.05) is 17.7 Å². The summed E-state index contributed by atoms with van der Waals surface area (Å²) in [5.41, 5.74) is 3.60. The van der Waals surface area contributed by atoms with Crippen LogP contribution in [0, 0.1) is 5.82 Å². The number of piperazine rings is 1. The molecule has 1 aliphatic carbocycles. The molecule has 0 aromatic heterocycles. The van der Waals surface area contributed by atoms with Gasteiger partial charge in [-0.2, -0.15) is 0 Å². The molecular weight excluding hydrogens is 363 g/mol. The lowest BCUT2D eigenvalue weighted by atomic mass is 10.1. The van der Waals surface area contributed by atoms with Crippen molar-refractivity contribution in [1.82, 2.24) is 4.90 Å². The molecule has 3 nitrogen and oxygen atoms in total. The smallest absolute Gasteiger partial charge is 0.165 e. The lowest BCUT2D eigenvalue weighted by molar-refractivity contribution is 0.221. The highest BCUT2D eigenvalue weighted by atomic mass is 35.5. The fourth-order valence-electron chi connectivity index (χ4n) is 4.05. The third-order valence-corrected chi connectivity index (χ3v) is 5.80. The highest BCUT2D eigenvalue weighted by molar-refractivity contribution is 6.30. The van der Waals surface area contributed by atoms with Crippen molar-refractivity contribution in [3.63, 3.8) is 0 Å². The Balaban J connectivity index is 1.20. The van der Waals surface area contributed by atoms with Gasteiger partial charge in [0.2, 0.25) is 0 Å². The monoisotopic (exact) mass is 388 g/mol. The van der Waals surface area contributed by atoms with Crippen LogP contribution in [0.3, 0.4) is 0 Å². The molecule has 0 unspecified atom stereocenters. The van der Waals surface area contributed by atoms with Crippen molar-refractivity contribution in [1.29, 1.82) is 0 Å². The topological polar surface area (TPSA) is 15.7 Å². The van der Waals surface area contributed by atoms with Crippen molar-refractivity contribution in [3.05, 3.63) is 58.4 Å². The van der Waals surface area contributed by atoms with Gasteiger partial charge in [0.25, 0.3) is 0 Å². The predicted molar refractivity (Wildman–Crippen MR) is 109 cm³/mol. The lowest BCUT2D eigenvalue weighted by Gasteiger charge is -2.36. The van der Waals surface area contributed by atoms with Gasteiger partial charge in [0.1, 0.15) is 0 Å². The van der Waals surface area contributed by atoms with Gasteiger partial charge in [0, 0.05) is 43.4 Å². The third kappa shape index (κ3) is 4.56. The summed E-state index contributed by atoms with van der Waals surface area (Å²) in [6, 6.07) is 11.6. The maximum absolute atomic E-state index is 14.1. The zero-order valence-electron chi connectivity index (χ0n) is 15.6. The molecule has 0 atom stereocenters. The summed E-state index contributed by atoms with van der Waals surface area (Å²) in [5, 5.41) is 0.783. The number of halogens is 2. The predicted octanol–water partition coefficient (Wildman–Crippen LogP) is 4.56. The van der Waals surface area contributed by atoms with E-state index in [1.165, 1.54) is 11.3 Å². The molecule has 27 heavy (non-hydrogen) atoms. The summed E-state index contributed by atoms with van der Waals surface area (Å²) in [5.74, 6) is 0.201. The highest BCUT2D eigenvalue weighted by Crippen LogP contribution is 2.29. The van der Waals surface area contributed by atoms with Gasteiger partial charge in [-0.3, -0.25) is 4.90 Å². The van der Waals surface area contributed by atoms with Crippen LogP contribution >= 0.6 is 11.6 Å². The number of hydrogen-bond donors (Lipinski definition) is 0. The second kappa shape index (κ2) is 8.49. The molecule has 0 radical (unpaired) electrons. The molecule has 0 bridgehead atoms. The molecule has 1 saturated heterocycles. The molecule has 144 valence electrons. The average Bonchev–Trinajstić information content (AvgIpc) is 3.13. The largest absolute Gasteiger partial charge is 0.490 e. The van der Waals surface area contributed by atoms with E-state index in [0.717, 1.165) is 69.0 Å². The molecule has 2 aromatic carbocycles. The van der Waals surface area contributed by atoms with Gasteiger partial charge in [-0.15, -0.1) is 0 Å². The molecule has 2 aromatic rings. The highest BCUT2D eigenvalue weighted by Gasteiger charge is 2.18. The molecule has 2 aliphatic rings. The van der Waals surface area contributed by atoms with Crippen molar-refractivity contribution in [2.45, 2.75) is 25.7 Å². The van der Waals surface area contributed by atoms with E-state index >= 15 is 0 Å². The van der Waals surface area contributed by atoms with E-state index in [1.54, 1.807) is 6.07 Å². The maximum Gasteiger partial charge on any atom is 0.165 e. The van der Waals surface area contributed by atoms with Crippen molar-refractivity contribution < 1.29 is 9.13 Å². The normalized spacial score (nSPS) is 17.2. The Morgan fingerprint density at radius 2 is 1.78 bits per heavy atom. The van der Waals surface area contributed by atoms with Crippen LogP contribution in [-0.2, 0) is 12.8 Å². The van der Waals surface area contributed by atoms with Crippen LogP contribution in [0.2, 0.25) is 5.02 Å². The molecule has 1 heterocycles. The van der Waals surface area contributed by atoms with Crippen molar-refractivity contribution in [2.75, 3.05) is 44.2 Å². The minimum absolute atomic E-state index is 0.217. The number of nitrogens with zero attached hydrogens (tertiary/aromatic N) is 2. The van der Waals surface area contributed by atoms with Crippen LogP contribution in [0.1, 0.15) is 24.0 Å². The van der Waals surface area contributed by atoms with E-state index < -0.39 is 0 Å². The van der Waals surface area contributed by atoms with Crippen LogP contribution in [0.25, 0.3) is 0 Å². The Morgan fingerprint density at radius 3 is 2.56 bits per heavy atom. The minimum atomic E-state index is -0.217. The van der Waals surface area contributed by atoms with E-state index in [2.05, 4.69) is 15.9 Å². The van der Waals surface area contributed by atoms with Crippen molar-refractivity contribution in [3.8, 4) is 5.75 Å². The summed E-state index contributed by atoms with van der Waals surface area (Å²) < 4.78 is 19.8. The molecule has 4 rings (SSSR count). The first-order valence-electron chi connectivity index (χ1n) is 9.86. The van der Waals surface area contributed by atoms with Crippen LogP contribution in [-0.4, -0.2) is 44.2 Å². The van der Waals surface area contributed by atoms with Gasteiger partial charge in [-0.05, 0) is 67.1 Å². The van der Waals surface area contributed by atoms with Gasteiger partial charge in [0.15, 0.2) is 11.6 Å². The number of rotatable bonds is 6. The zero-order valence-corrected chi connectivity index (χ0v) is 16.3. The lowest BCUT2D eigenvalue weighted by Crippen LogP contribution is -2.46. The summed E-state index contributed by atoms with van der Waals surface area (Å²) >= 11 is 6.09. The van der Waals surface area contributed by atoms with Crippen LogP contribution < -0.4 is 9.64 Å². The number of ether oxygens (including phenoxy) is 1. The van der Waals surface area contributed by atoms with Crippen LogP contribution in [0.4, 0.5) is 10.1 Å². The maximum atomic E-state index is 14.1. The fraction of sp³-hybridized carbons (Fsp3) is 0.455. The van der Waals surface area contributed by atoms with Gasteiger partial charge in [-0.25, -0.2) is 4.39 Å². The minimum Gasteiger partial charge on any atom is -0.490 e. The summed E-state index contributed by atoms with van der Waals surface area (Å²) in [4.78, 5) is 4.82. The number of anilines is 1. The molecule has 1 aliphatic heterocycles. The van der Waals surface area contributed by atoms with E-state index in [9.17, 15) is 4.39 Å². The molecule has 0 N–H and O–H groups in total. The van der Waals surface area contributed by atoms with Crippen LogP contribution in [0.5, 0.6) is 5.75 Å². The Morgan fingerprint density at radius 1 is 1.00 bits per heavy atom. The molecule has 0 saturated carbocycles. The first kappa shape index (κ1) is 18.6. The molecule has 0 spiro atoms. The SMILES string of the molecule is Fc1cc2c(cc1OCCCN1CCN(c3cccc(Cl)c3)CC1)CCC2. The van der Waals surface area contributed by atoms with Crippen LogP contribution in [0.15, 0.2) is 36.4 Å². The van der Waals surface area contributed by atoms with Crippen molar-refractivity contribution in [2.24, 2.45) is 0 Å². The Labute approximate surface area is 165 Å². The standard InChI is InChI=1S/C22H26ClFN2O/c23-19-6-2-7-20(16-19)26-11-9-25(10-12-26)8-3-13-27-22-15-18-5-1-4-17(18)14-21(22)24/h2,6-7,14-16H,1,3-5,8-13H2. The second-order valence-corrected chi connectivity index (χ2v) is 7.85. The number of hydrogen-bond acceptors (Lipinski definition) is 3. The zero-order chi connectivity index (χ0) is 18.6. The number of fused-ring (bicyclic) bond motifs is 1. The van der Waals surface area contributed by atoms with Gasteiger partial charge >= 0.3 is 0 Å². The number of aryl methyl sites for hydroxylation is 2. The number of benzene rings is 2. The second-order valence-electron chi connectivity index (χ2n) is 7.42. The first-order chi connectivity index (χ1) is 13.2. The Kier molecular flexibility index (Phi) is 5.84. The van der Waals surface area contributed by atoms with Crippen molar-refractivity contribution >= 4 is 17.3 Å². The van der Waals surface area contributed by atoms with Gasteiger partial charge < -0.3 is 9.64 Å². The van der Waals surface area contributed by atoms with Gasteiger partial charge in [0.05, 0.1) is 6.61 Å². The Hall–Kier alpha value is -1.78. The van der Waals surface area contributed by atoms with E-state index in [-0.39, 0.29) is 5.82 Å². The molecular formula is C22H26ClFN2O. The van der Waals surface area contributed by atoms with E-state index in [1.807, 2.05) is 24.3 Å². The summed E-state index contributed by atoms with van der Waals surface area (Å²) in [6.45, 7) is 5.60.